The van der Waals surface area contributed by atoms with Gasteiger partial charge in [0.1, 0.15) is 6.04 Å². The number of carbonyl (C=O) groups excluding carboxylic acids is 2. The third-order valence-electron chi connectivity index (χ3n) is 2.83. The van der Waals surface area contributed by atoms with Gasteiger partial charge in [-0.25, -0.2) is 0 Å². The first-order valence-electron chi connectivity index (χ1n) is 5.97. The Hall–Kier alpha value is -1.56. The molecule has 0 radical (unpaired) electrons. The lowest BCUT2D eigenvalue weighted by Gasteiger charge is -2.20. The van der Waals surface area contributed by atoms with Crippen molar-refractivity contribution in [2.24, 2.45) is 0 Å². The molecule has 6 heteroatoms. The standard InChI is InChI=1S/C13H18BrN3O2/c1-4-17(3)13(19)8(2)16-12(18)9-5-6-10(14)11(15)7-9/h5-8H,4,15H2,1-3H3,(H,16,18). The minimum atomic E-state index is -0.567. The smallest absolute Gasteiger partial charge is 0.251 e. The maximum atomic E-state index is 12.0. The number of carbonyl (C=O) groups is 2. The van der Waals surface area contributed by atoms with Gasteiger partial charge in [-0.1, -0.05) is 0 Å². The molecule has 0 heterocycles. The Morgan fingerprint density at radius 1 is 1.47 bits per heavy atom. The third-order valence-corrected chi connectivity index (χ3v) is 3.55. The zero-order valence-electron chi connectivity index (χ0n) is 11.2. The molecule has 0 aliphatic rings. The first-order chi connectivity index (χ1) is 8.86. The van der Waals surface area contributed by atoms with Crippen LogP contribution in [0.3, 0.4) is 0 Å². The number of nitrogens with one attached hydrogen (secondary N) is 1. The van der Waals surface area contributed by atoms with Gasteiger partial charge in [-0.05, 0) is 48.0 Å². The highest BCUT2D eigenvalue weighted by atomic mass is 79.9. The van der Waals surface area contributed by atoms with E-state index in [9.17, 15) is 9.59 Å². The van der Waals surface area contributed by atoms with Gasteiger partial charge in [-0.2, -0.15) is 0 Å². The maximum absolute atomic E-state index is 12.0. The summed E-state index contributed by atoms with van der Waals surface area (Å²) in [4.78, 5) is 25.4. The van der Waals surface area contributed by atoms with Crippen molar-refractivity contribution >= 4 is 33.4 Å². The molecule has 0 aliphatic carbocycles. The second kappa shape index (κ2) is 6.56. The molecule has 104 valence electrons. The number of halogens is 1. The largest absolute Gasteiger partial charge is 0.398 e. The molecule has 1 aromatic carbocycles. The van der Waals surface area contributed by atoms with E-state index in [0.29, 0.717) is 17.8 Å². The molecule has 0 spiro atoms. The Morgan fingerprint density at radius 3 is 2.63 bits per heavy atom. The van der Waals surface area contributed by atoms with Gasteiger partial charge in [0.05, 0.1) is 0 Å². The molecule has 0 aromatic heterocycles. The summed E-state index contributed by atoms with van der Waals surface area (Å²) in [7, 11) is 1.70. The SMILES string of the molecule is CCN(C)C(=O)C(C)NC(=O)c1ccc(Br)c(N)c1. The molecule has 3 N–H and O–H groups in total. The molecule has 5 nitrogen and oxygen atoms in total. The second-order valence-corrected chi connectivity index (χ2v) is 5.14. The number of benzene rings is 1. The van der Waals surface area contributed by atoms with Crippen LogP contribution in [0.1, 0.15) is 24.2 Å². The zero-order chi connectivity index (χ0) is 14.6. The predicted molar refractivity (Wildman–Crippen MR) is 78.8 cm³/mol. The summed E-state index contributed by atoms with van der Waals surface area (Å²) < 4.78 is 0.735. The van der Waals surface area contributed by atoms with Gasteiger partial charge in [-0.3, -0.25) is 9.59 Å². The van der Waals surface area contributed by atoms with Crippen LogP contribution in [0.2, 0.25) is 0 Å². The van der Waals surface area contributed by atoms with E-state index in [2.05, 4.69) is 21.2 Å². The van der Waals surface area contributed by atoms with E-state index in [1.165, 1.54) is 0 Å². The monoisotopic (exact) mass is 327 g/mol. The Bertz CT molecular complexity index is 491. The number of amides is 2. The van der Waals surface area contributed by atoms with E-state index in [0.717, 1.165) is 4.47 Å². The summed E-state index contributed by atoms with van der Waals surface area (Å²) in [5, 5.41) is 2.66. The van der Waals surface area contributed by atoms with Crippen molar-refractivity contribution in [3.63, 3.8) is 0 Å². The molecule has 0 fully saturated rings. The highest BCUT2D eigenvalue weighted by Crippen LogP contribution is 2.20. The van der Waals surface area contributed by atoms with Crippen molar-refractivity contribution in [2.45, 2.75) is 19.9 Å². The molecule has 1 unspecified atom stereocenters. The van der Waals surface area contributed by atoms with Crippen LogP contribution in [0, 0.1) is 0 Å². The van der Waals surface area contributed by atoms with Gasteiger partial charge in [0.25, 0.3) is 5.91 Å². The van der Waals surface area contributed by atoms with Gasteiger partial charge in [0.2, 0.25) is 5.91 Å². The van der Waals surface area contributed by atoms with Crippen molar-refractivity contribution in [1.82, 2.24) is 10.2 Å². The quantitative estimate of drug-likeness (QED) is 0.825. The summed E-state index contributed by atoms with van der Waals surface area (Å²) in [6.07, 6.45) is 0. The van der Waals surface area contributed by atoms with E-state index in [-0.39, 0.29) is 11.8 Å². The van der Waals surface area contributed by atoms with Crippen LogP contribution in [-0.4, -0.2) is 36.3 Å². The average molecular weight is 328 g/mol. The van der Waals surface area contributed by atoms with Gasteiger partial charge in [0.15, 0.2) is 0 Å². The third kappa shape index (κ3) is 3.96. The number of nitrogens with two attached hydrogens (primary N) is 1. The lowest BCUT2D eigenvalue weighted by molar-refractivity contribution is -0.131. The topological polar surface area (TPSA) is 75.4 Å². The summed E-state index contributed by atoms with van der Waals surface area (Å²) >= 11 is 3.26. The number of likely N-dealkylation sites (N-methyl/N-ethyl adjacent to an activating group) is 1. The number of hydrogen-bond acceptors (Lipinski definition) is 3. The molecule has 0 saturated carbocycles. The lowest BCUT2D eigenvalue weighted by atomic mass is 10.1. The van der Waals surface area contributed by atoms with E-state index in [1.54, 1.807) is 37.1 Å². The Morgan fingerprint density at radius 2 is 2.11 bits per heavy atom. The second-order valence-electron chi connectivity index (χ2n) is 4.28. The Labute approximate surface area is 121 Å². The lowest BCUT2D eigenvalue weighted by Crippen LogP contribution is -2.45. The van der Waals surface area contributed by atoms with Crippen LogP contribution in [0.4, 0.5) is 5.69 Å². The zero-order valence-corrected chi connectivity index (χ0v) is 12.8. The molecule has 1 aromatic rings. The molecule has 19 heavy (non-hydrogen) atoms. The van der Waals surface area contributed by atoms with Gasteiger partial charge in [0, 0.05) is 29.3 Å². The first-order valence-corrected chi connectivity index (χ1v) is 6.77. The van der Waals surface area contributed by atoms with Crippen LogP contribution in [0.15, 0.2) is 22.7 Å². The average Bonchev–Trinajstić information content (AvgIpc) is 2.39. The Kier molecular flexibility index (Phi) is 5.35. The van der Waals surface area contributed by atoms with Crippen LogP contribution in [0.25, 0.3) is 0 Å². The van der Waals surface area contributed by atoms with E-state index >= 15 is 0 Å². The summed E-state index contributed by atoms with van der Waals surface area (Å²) in [5.74, 6) is -0.439. The van der Waals surface area contributed by atoms with Crippen LogP contribution < -0.4 is 11.1 Å². The fourth-order valence-electron chi connectivity index (χ4n) is 1.51. The van der Waals surface area contributed by atoms with E-state index in [1.807, 2.05) is 6.92 Å². The number of hydrogen-bond donors (Lipinski definition) is 2. The molecule has 2 amide bonds. The summed E-state index contributed by atoms with van der Waals surface area (Å²) in [6, 6.07) is 4.35. The van der Waals surface area contributed by atoms with Gasteiger partial charge < -0.3 is 16.0 Å². The minimum Gasteiger partial charge on any atom is -0.398 e. The van der Waals surface area contributed by atoms with Crippen LogP contribution in [0.5, 0.6) is 0 Å². The van der Waals surface area contributed by atoms with Crippen molar-refractivity contribution in [3.8, 4) is 0 Å². The van der Waals surface area contributed by atoms with Crippen molar-refractivity contribution < 1.29 is 9.59 Å². The van der Waals surface area contributed by atoms with Crippen LogP contribution in [-0.2, 0) is 4.79 Å². The van der Waals surface area contributed by atoms with Gasteiger partial charge >= 0.3 is 0 Å². The molecular weight excluding hydrogens is 310 g/mol. The molecule has 0 aliphatic heterocycles. The van der Waals surface area contributed by atoms with Crippen molar-refractivity contribution in [1.29, 1.82) is 0 Å². The number of nitrogens with zero attached hydrogens (tertiary/aromatic N) is 1. The highest BCUT2D eigenvalue weighted by Gasteiger charge is 2.19. The van der Waals surface area contributed by atoms with Gasteiger partial charge in [-0.15, -0.1) is 0 Å². The Balaban J connectivity index is 2.74. The fraction of sp³-hybridized carbons (Fsp3) is 0.385. The summed E-state index contributed by atoms with van der Waals surface area (Å²) in [6.45, 7) is 4.14. The van der Waals surface area contributed by atoms with Crippen LogP contribution >= 0.6 is 15.9 Å². The maximum Gasteiger partial charge on any atom is 0.251 e. The minimum absolute atomic E-state index is 0.124. The molecule has 1 rings (SSSR count). The van der Waals surface area contributed by atoms with Crippen molar-refractivity contribution in [2.75, 3.05) is 19.3 Å². The summed E-state index contributed by atoms with van der Waals surface area (Å²) in [5.41, 5.74) is 6.63. The number of nitrogen functional groups attached to an aromatic ring is 1. The van der Waals surface area contributed by atoms with E-state index < -0.39 is 6.04 Å². The molecule has 1 atom stereocenters. The van der Waals surface area contributed by atoms with Crippen molar-refractivity contribution in [3.05, 3.63) is 28.2 Å². The molecular formula is C13H18BrN3O2. The molecule has 0 bridgehead atoms. The van der Waals surface area contributed by atoms with E-state index in [4.69, 9.17) is 5.73 Å². The molecule has 0 saturated heterocycles. The fourth-order valence-corrected chi connectivity index (χ4v) is 1.76. The first kappa shape index (κ1) is 15.5. The highest BCUT2D eigenvalue weighted by molar-refractivity contribution is 9.10. The number of anilines is 1. The number of rotatable bonds is 4. The predicted octanol–water partition coefficient (Wildman–Crippen LogP) is 1.63. The normalized spacial score (nSPS) is 11.8.